The summed E-state index contributed by atoms with van der Waals surface area (Å²) in [4.78, 5) is 0. The second-order valence-corrected chi connectivity index (χ2v) is 14.8. The molecule has 262 valence electrons. The lowest BCUT2D eigenvalue weighted by Gasteiger charge is -2.24. The van der Waals surface area contributed by atoms with Crippen molar-refractivity contribution >= 4 is 43.1 Å². The van der Waals surface area contributed by atoms with Gasteiger partial charge in [0.25, 0.3) is 0 Å². The summed E-state index contributed by atoms with van der Waals surface area (Å²) in [5.41, 5.74) is 13.4. The van der Waals surface area contributed by atoms with Crippen LogP contribution in [0.3, 0.4) is 0 Å². The van der Waals surface area contributed by atoms with Gasteiger partial charge in [-0.3, -0.25) is 0 Å². The van der Waals surface area contributed by atoms with E-state index in [4.69, 9.17) is 0 Å². The zero-order chi connectivity index (χ0) is 36.4. The number of rotatable bonds is 10. The van der Waals surface area contributed by atoms with Crippen molar-refractivity contribution < 1.29 is 0 Å². The van der Waals surface area contributed by atoms with Crippen LogP contribution in [-0.2, 0) is 12.8 Å². The van der Waals surface area contributed by atoms with Gasteiger partial charge in [-0.05, 0) is 124 Å². The van der Waals surface area contributed by atoms with Crippen molar-refractivity contribution in [2.24, 2.45) is 0 Å². The monoisotopic (exact) mass is 694 g/mol. The highest BCUT2D eigenvalue weighted by atomic mass is 14.3. The Hall–Kier alpha value is -5.98. The number of benzene rings is 9. The molecule has 9 rings (SSSR count). The molecule has 0 spiro atoms. The number of hydrogen-bond donors (Lipinski definition) is 0. The van der Waals surface area contributed by atoms with Gasteiger partial charge in [-0.15, -0.1) is 0 Å². The van der Waals surface area contributed by atoms with Crippen molar-refractivity contribution in [1.29, 1.82) is 0 Å². The fourth-order valence-electron chi connectivity index (χ4n) is 8.99. The van der Waals surface area contributed by atoms with Gasteiger partial charge in [0.05, 0.1) is 0 Å². The number of hydrogen-bond acceptors (Lipinski definition) is 0. The topological polar surface area (TPSA) is 0 Å². The molecule has 0 heteroatoms. The Morgan fingerprint density at radius 1 is 0.315 bits per heavy atom. The molecule has 9 aromatic carbocycles. The van der Waals surface area contributed by atoms with Crippen molar-refractivity contribution in [1.82, 2.24) is 0 Å². The number of aryl methyl sites for hydroxylation is 2. The Kier molecular flexibility index (Phi) is 9.27. The Morgan fingerprint density at radius 2 is 0.741 bits per heavy atom. The molecule has 0 aromatic heterocycles. The highest BCUT2D eigenvalue weighted by molar-refractivity contribution is 6.25. The van der Waals surface area contributed by atoms with Crippen LogP contribution in [0.1, 0.15) is 50.7 Å². The van der Waals surface area contributed by atoms with E-state index in [-0.39, 0.29) is 0 Å². The van der Waals surface area contributed by atoms with Crippen LogP contribution in [0, 0.1) is 0 Å². The SMILES string of the molecule is CCCCc1ccc2c(-c3ccccc3-c3cccc4ccccc34)c3ccccc3c(-c3ccccc3-c3cccc4ccccc34)c2c1CCCC. The molecule has 0 unspecified atom stereocenters. The molecule has 0 fully saturated rings. The average molecular weight is 695 g/mol. The molecule has 0 amide bonds. The summed E-state index contributed by atoms with van der Waals surface area (Å²) in [6, 6.07) is 63.6. The zero-order valence-corrected chi connectivity index (χ0v) is 31.4. The first-order valence-electron chi connectivity index (χ1n) is 19.9. The molecule has 0 bridgehead atoms. The van der Waals surface area contributed by atoms with E-state index in [2.05, 4.69) is 184 Å². The van der Waals surface area contributed by atoms with Crippen LogP contribution >= 0.6 is 0 Å². The van der Waals surface area contributed by atoms with E-state index in [1.54, 1.807) is 0 Å². The molecular weight excluding hydrogens is 649 g/mol. The smallest absolute Gasteiger partial charge is 0.00173 e. The summed E-state index contributed by atoms with van der Waals surface area (Å²) < 4.78 is 0. The van der Waals surface area contributed by atoms with Crippen LogP contribution in [0.4, 0.5) is 0 Å². The minimum absolute atomic E-state index is 1.07. The third kappa shape index (κ3) is 5.87. The van der Waals surface area contributed by atoms with Crippen LogP contribution in [0.25, 0.3) is 87.6 Å². The highest BCUT2D eigenvalue weighted by Crippen LogP contribution is 2.50. The summed E-state index contributed by atoms with van der Waals surface area (Å²) in [6.07, 6.45) is 6.87. The van der Waals surface area contributed by atoms with Crippen molar-refractivity contribution in [2.45, 2.75) is 52.4 Å². The van der Waals surface area contributed by atoms with Crippen molar-refractivity contribution in [3.05, 3.63) is 181 Å². The Labute approximate surface area is 319 Å². The van der Waals surface area contributed by atoms with Gasteiger partial charge in [-0.1, -0.05) is 197 Å². The molecule has 54 heavy (non-hydrogen) atoms. The fourth-order valence-corrected chi connectivity index (χ4v) is 8.99. The lowest BCUT2D eigenvalue weighted by Crippen LogP contribution is -2.01. The standard InChI is InChI=1S/C54H46/c1-3-5-19-39-35-36-51-52(47-29-13-11-27-45(47)43-33-17-22-37-20-7-9-25-40(37)43)49-31-15-16-32-50(49)54(53(51)42(39)24-6-4-2)48-30-14-12-28-46(48)44-34-18-23-38-21-8-10-26-41(38)44/h7-18,20-23,25-36H,3-6,19,24H2,1-2H3. The molecule has 0 radical (unpaired) electrons. The molecule has 0 nitrogen and oxygen atoms in total. The van der Waals surface area contributed by atoms with Gasteiger partial charge in [0, 0.05) is 0 Å². The Balaban J connectivity index is 1.44. The van der Waals surface area contributed by atoms with Gasteiger partial charge in [-0.2, -0.15) is 0 Å². The summed E-state index contributed by atoms with van der Waals surface area (Å²) in [5, 5.41) is 10.5. The minimum Gasteiger partial charge on any atom is -0.0654 e. The lowest BCUT2D eigenvalue weighted by atomic mass is 9.79. The molecule has 0 aliphatic carbocycles. The van der Waals surface area contributed by atoms with Gasteiger partial charge >= 0.3 is 0 Å². The predicted octanol–water partition coefficient (Wildman–Crippen LogP) is 15.7. The minimum atomic E-state index is 1.07. The normalized spacial score (nSPS) is 11.6. The van der Waals surface area contributed by atoms with Gasteiger partial charge in [-0.25, -0.2) is 0 Å². The maximum Gasteiger partial charge on any atom is -0.00173 e. The molecule has 0 heterocycles. The Bertz CT molecular complexity index is 2790. The predicted molar refractivity (Wildman–Crippen MR) is 235 cm³/mol. The van der Waals surface area contributed by atoms with E-state index in [9.17, 15) is 0 Å². The molecular formula is C54H46. The Morgan fingerprint density at radius 3 is 1.31 bits per heavy atom. The van der Waals surface area contributed by atoms with Crippen LogP contribution < -0.4 is 0 Å². The maximum absolute atomic E-state index is 2.47. The molecule has 0 aliphatic heterocycles. The molecule has 0 aliphatic rings. The summed E-state index contributed by atoms with van der Waals surface area (Å²) >= 11 is 0. The van der Waals surface area contributed by atoms with Gasteiger partial charge in [0.2, 0.25) is 0 Å². The van der Waals surface area contributed by atoms with E-state index in [1.807, 2.05) is 0 Å². The first-order chi connectivity index (χ1) is 26.8. The van der Waals surface area contributed by atoms with Crippen LogP contribution in [0.15, 0.2) is 170 Å². The van der Waals surface area contributed by atoms with Crippen molar-refractivity contribution in [3.63, 3.8) is 0 Å². The van der Waals surface area contributed by atoms with Gasteiger partial charge in [0.15, 0.2) is 0 Å². The number of fused-ring (bicyclic) bond motifs is 4. The maximum atomic E-state index is 2.47. The molecule has 0 saturated carbocycles. The van der Waals surface area contributed by atoms with Gasteiger partial charge in [0.1, 0.15) is 0 Å². The summed E-state index contributed by atoms with van der Waals surface area (Å²) in [5.74, 6) is 0. The number of unbranched alkanes of at least 4 members (excludes halogenated alkanes) is 2. The van der Waals surface area contributed by atoms with E-state index < -0.39 is 0 Å². The van der Waals surface area contributed by atoms with E-state index in [0.717, 1.165) is 25.7 Å². The summed E-state index contributed by atoms with van der Waals surface area (Å²) in [7, 11) is 0. The molecule has 0 N–H and O–H groups in total. The zero-order valence-electron chi connectivity index (χ0n) is 31.4. The second-order valence-electron chi connectivity index (χ2n) is 14.8. The fraction of sp³-hybridized carbons (Fsp3) is 0.148. The van der Waals surface area contributed by atoms with E-state index in [0.29, 0.717) is 0 Å². The van der Waals surface area contributed by atoms with Crippen LogP contribution in [0.2, 0.25) is 0 Å². The first-order valence-corrected chi connectivity index (χ1v) is 19.9. The van der Waals surface area contributed by atoms with Crippen LogP contribution in [0.5, 0.6) is 0 Å². The van der Waals surface area contributed by atoms with Crippen molar-refractivity contribution in [3.8, 4) is 44.5 Å². The highest BCUT2D eigenvalue weighted by Gasteiger charge is 2.24. The lowest BCUT2D eigenvalue weighted by molar-refractivity contribution is 0.762. The second kappa shape index (κ2) is 14.8. The van der Waals surface area contributed by atoms with Crippen molar-refractivity contribution in [2.75, 3.05) is 0 Å². The third-order valence-corrected chi connectivity index (χ3v) is 11.5. The van der Waals surface area contributed by atoms with Crippen LogP contribution in [-0.4, -0.2) is 0 Å². The average Bonchev–Trinajstić information content (AvgIpc) is 3.24. The first kappa shape index (κ1) is 33.8. The molecule has 0 saturated heterocycles. The van der Waals surface area contributed by atoms with Gasteiger partial charge < -0.3 is 0 Å². The van der Waals surface area contributed by atoms with E-state index in [1.165, 1.54) is 112 Å². The summed E-state index contributed by atoms with van der Waals surface area (Å²) in [6.45, 7) is 4.64. The molecule has 0 atom stereocenters. The van der Waals surface area contributed by atoms with E-state index >= 15 is 0 Å². The third-order valence-electron chi connectivity index (χ3n) is 11.5. The quantitative estimate of drug-likeness (QED) is 0.125. The molecule has 9 aromatic rings. The largest absolute Gasteiger partial charge is 0.0654 e.